The predicted molar refractivity (Wildman–Crippen MR) is 119 cm³/mol. The van der Waals surface area contributed by atoms with Gasteiger partial charge in [-0.05, 0) is 60.5 Å². The van der Waals surface area contributed by atoms with Crippen LogP contribution in [0, 0.1) is 11.3 Å². The van der Waals surface area contributed by atoms with Crippen LogP contribution in [0.3, 0.4) is 0 Å². The van der Waals surface area contributed by atoms with Crippen molar-refractivity contribution in [1.29, 1.82) is 0 Å². The Balaban J connectivity index is 1.32. The molecule has 2 bridgehead atoms. The van der Waals surface area contributed by atoms with Crippen molar-refractivity contribution in [2.75, 3.05) is 0 Å². The molecule has 0 amide bonds. The lowest BCUT2D eigenvalue weighted by Crippen LogP contribution is -2.53. The molecule has 1 saturated heterocycles. The number of Topliss-reactive ketones (excluding diaryl/α,β-unsaturated/α-hetero) is 1. The second-order valence-electron chi connectivity index (χ2n) is 10.4. The van der Waals surface area contributed by atoms with Crippen LogP contribution in [0.2, 0.25) is 0 Å². The number of fused-ring (bicyclic) bond motifs is 2. The van der Waals surface area contributed by atoms with Crippen LogP contribution in [0.1, 0.15) is 57.4 Å². The molecule has 1 aromatic carbocycles. The highest BCUT2D eigenvalue weighted by molar-refractivity contribution is 5.87. The molecule has 2 spiro atoms. The van der Waals surface area contributed by atoms with Gasteiger partial charge in [0.25, 0.3) is 0 Å². The van der Waals surface area contributed by atoms with E-state index in [0.717, 1.165) is 42.9 Å². The average molecular weight is 411 g/mol. The van der Waals surface area contributed by atoms with Gasteiger partial charge in [-0.2, -0.15) is 10.2 Å². The van der Waals surface area contributed by atoms with Gasteiger partial charge in [0.15, 0.2) is 0 Å². The van der Waals surface area contributed by atoms with Crippen LogP contribution in [-0.2, 0) is 9.53 Å². The van der Waals surface area contributed by atoms with Gasteiger partial charge in [-0.3, -0.25) is 4.79 Å². The minimum atomic E-state index is -0.324. The van der Waals surface area contributed by atoms with Crippen molar-refractivity contribution in [3.8, 4) is 0 Å². The Kier molecular flexibility index (Phi) is 3.37. The highest BCUT2D eigenvalue weighted by Crippen LogP contribution is 2.67. The van der Waals surface area contributed by atoms with Gasteiger partial charge < -0.3 is 4.74 Å². The summed E-state index contributed by atoms with van der Waals surface area (Å²) in [4.78, 5) is 12.4. The highest BCUT2D eigenvalue weighted by atomic mass is 16.5. The normalized spacial score (nSPS) is 38.2. The minimum Gasteiger partial charge on any atom is -0.359 e. The summed E-state index contributed by atoms with van der Waals surface area (Å²) >= 11 is 0. The Morgan fingerprint density at radius 1 is 1.06 bits per heavy atom. The maximum atomic E-state index is 12.4. The second-order valence-corrected chi connectivity index (χ2v) is 10.4. The van der Waals surface area contributed by atoms with E-state index >= 15 is 0 Å². The third-order valence-electron chi connectivity index (χ3n) is 8.95. The van der Waals surface area contributed by atoms with E-state index in [2.05, 4.69) is 53.5 Å². The van der Waals surface area contributed by atoms with E-state index in [1.807, 2.05) is 12.4 Å². The minimum absolute atomic E-state index is 0.0349. The molecule has 156 valence electrons. The lowest BCUT2D eigenvalue weighted by Gasteiger charge is -2.53. The van der Waals surface area contributed by atoms with Crippen LogP contribution in [0.5, 0.6) is 0 Å². The summed E-state index contributed by atoms with van der Waals surface area (Å²) in [7, 11) is 0. The molecule has 31 heavy (non-hydrogen) atoms. The molecule has 1 saturated carbocycles. The van der Waals surface area contributed by atoms with Crippen molar-refractivity contribution in [2.45, 2.75) is 63.1 Å². The van der Waals surface area contributed by atoms with Gasteiger partial charge in [0.05, 0.1) is 23.6 Å². The molecular weight excluding hydrogens is 384 g/mol. The summed E-state index contributed by atoms with van der Waals surface area (Å²) < 4.78 is 7.08. The number of carbonyl (C=O) groups excluding carboxylic acids is 1. The van der Waals surface area contributed by atoms with Gasteiger partial charge in [-0.15, -0.1) is 0 Å². The largest absolute Gasteiger partial charge is 0.359 e. The SMILES string of the molecule is CC12CC=C3C=C4CCC(=O)CC45CCC3(O5)C1CC=C2c1ccc2cnncc2c1. The summed E-state index contributed by atoms with van der Waals surface area (Å²) in [6.07, 6.45) is 17.2. The van der Waals surface area contributed by atoms with Crippen LogP contribution in [-0.4, -0.2) is 27.2 Å². The van der Waals surface area contributed by atoms with Crippen LogP contribution in [0.25, 0.3) is 16.3 Å². The number of hydrogen-bond donors (Lipinski definition) is 0. The predicted octanol–water partition coefficient (Wildman–Crippen LogP) is 5.35. The summed E-state index contributed by atoms with van der Waals surface area (Å²) in [5.41, 5.74) is 4.94. The van der Waals surface area contributed by atoms with Crippen molar-refractivity contribution in [3.05, 3.63) is 65.5 Å². The van der Waals surface area contributed by atoms with Crippen LogP contribution >= 0.6 is 0 Å². The first-order valence-corrected chi connectivity index (χ1v) is 11.6. The van der Waals surface area contributed by atoms with Crippen molar-refractivity contribution in [2.24, 2.45) is 11.3 Å². The highest BCUT2D eigenvalue weighted by Gasteiger charge is 2.65. The fraction of sp³-hybridized carbons (Fsp3) is 0.444. The second kappa shape index (κ2) is 5.80. The number of ketones is 1. The third kappa shape index (κ3) is 2.21. The molecule has 2 aliphatic heterocycles. The Morgan fingerprint density at radius 2 is 1.94 bits per heavy atom. The standard InChI is InChI=1S/C27H26N2O2/c1-25-9-8-21-13-20-4-5-22(30)14-26(20)10-11-27(21,31-26)24(25)7-6-23(25)17-2-3-18-15-28-29-16-19(18)12-17/h2-3,6,8,12-13,15-16,24H,4-5,7,9-11,14H2,1H3. The monoisotopic (exact) mass is 410 g/mol. The van der Waals surface area contributed by atoms with E-state index in [-0.39, 0.29) is 16.6 Å². The Hall–Kier alpha value is -2.59. The number of rotatable bonds is 1. The maximum absolute atomic E-state index is 12.4. The molecule has 7 rings (SSSR count). The maximum Gasteiger partial charge on any atom is 0.136 e. The molecule has 2 fully saturated rings. The quantitative estimate of drug-likeness (QED) is 0.636. The lowest BCUT2D eigenvalue weighted by atomic mass is 9.58. The van der Waals surface area contributed by atoms with E-state index in [1.54, 1.807) is 0 Å². The van der Waals surface area contributed by atoms with Gasteiger partial charge in [0, 0.05) is 34.9 Å². The van der Waals surface area contributed by atoms with Crippen molar-refractivity contribution >= 4 is 22.1 Å². The van der Waals surface area contributed by atoms with E-state index in [0.29, 0.717) is 24.5 Å². The van der Waals surface area contributed by atoms with Gasteiger partial charge >= 0.3 is 0 Å². The molecule has 3 aliphatic carbocycles. The number of carbonyl (C=O) groups is 1. The number of benzene rings is 1. The summed E-state index contributed by atoms with van der Waals surface area (Å²) in [6, 6.07) is 6.65. The zero-order valence-electron chi connectivity index (χ0n) is 17.9. The number of hydrogen-bond acceptors (Lipinski definition) is 4. The van der Waals surface area contributed by atoms with Crippen LogP contribution in [0.15, 0.2) is 60.0 Å². The van der Waals surface area contributed by atoms with Crippen LogP contribution in [0.4, 0.5) is 0 Å². The van der Waals surface area contributed by atoms with Crippen molar-refractivity contribution in [1.82, 2.24) is 10.2 Å². The molecule has 3 heterocycles. The molecule has 2 aromatic rings. The molecule has 4 atom stereocenters. The number of aromatic nitrogens is 2. The molecule has 0 N–H and O–H groups in total. The zero-order valence-corrected chi connectivity index (χ0v) is 17.9. The fourth-order valence-electron chi connectivity index (χ4n) is 7.41. The first-order chi connectivity index (χ1) is 15.0. The van der Waals surface area contributed by atoms with Crippen LogP contribution < -0.4 is 0 Å². The molecular formula is C27H26N2O2. The first-order valence-electron chi connectivity index (χ1n) is 11.6. The lowest BCUT2D eigenvalue weighted by molar-refractivity contribution is -0.143. The van der Waals surface area contributed by atoms with E-state index < -0.39 is 0 Å². The summed E-state index contributed by atoms with van der Waals surface area (Å²) in [5.74, 6) is 0.778. The zero-order chi connectivity index (χ0) is 20.8. The molecule has 1 aromatic heterocycles. The summed E-state index contributed by atoms with van der Waals surface area (Å²) in [6.45, 7) is 2.42. The Bertz CT molecular complexity index is 1260. The van der Waals surface area contributed by atoms with E-state index in [1.165, 1.54) is 22.3 Å². The molecule has 4 unspecified atom stereocenters. The number of allylic oxidation sites excluding steroid dienone is 3. The Morgan fingerprint density at radius 3 is 2.84 bits per heavy atom. The average Bonchev–Trinajstić information content (AvgIpc) is 3.28. The molecule has 0 radical (unpaired) electrons. The summed E-state index contributed by atoms with van der Waals surface area (Å²) in [5, 5.41) is 10.3. The fourth-order valence-corrected chi connectivity index (χ4v) is 7.41. The molecule has 5 aliphatic rings. The third-order valence-corrected chi connectivity index (χ3v) is 8.95. The Labute approximate surface area is 182 Å². The van der Waals surface area contributed by atoms with Crippen molar-refractivity contribution in [3.63, 3.8) is 0 Å². The van der Waals surface area contributed by atoms with Gasteiger partial charge in [0.2, 0.25) is 0 Å². The number of ether oxygens (including phenoxy) is 1. The van der Waals surface area contributed by atoms with E-state index in [9.17, 15) is 4.79 Å². The molecule has 4 nitrogen and oxygen atoms in total. The molecule has 4 heteroatoms. The number of nitrogens with zero attached hydrogens (tertiary/aromatic N) is 2. The van der Waals surface area contributed by atoms with Gasteiger partial charge in [-0.25, -0.2) is 0 Å². The smallest absolute Gasteiger partial charge is 0.136 e. The van der Waals surface area contributed by atoms with Crippen molar-refractivity contribution < 1.29 is 9.53 Å². The van der Waals surface area contributed by atoms with Gasteiger partial charge in [0.1, 0.15) is 5.78 Å². The van der Waals surface area contributed by atoms with E-state index in [4.69, 9.17) is 4.74 Å². The first kappa shape index (κ1) is 18.0. The topological polar surface area (TPSA) is 52.1 Å². The van der Waals surface area contributed by atoms with Gasteiger partial charge in [-0.1, -0.05) is 37.3 Å².